The first kappa shape index (κ1) is 23.6. The van der Waals surface area contributed by atoms with Crippen LogP contribution < -0.4 is 10.9 Å². The third-order valence-corrected chi connectivity index (χ3v) is 4.88. The third-order valence-electron chi connectivity index (χ3n) is 4.88. The van der Waals surface area contributed by atoms with Crippen molar-refractivity contribution in [3.63, 3.8) is 0 Å². The molecule has 3 rings (SSSR count). The number of rotatable bonds is 7. The number of aromatic nitrogens is 2. The Kier molecular flexibility index (Phi) is 6.86. The smallest absolute Gasteiger partial charge is 0.322 e. The van der Waals surface area contributed by atoms with Crippen LogP contribution in [-0.2, 0) is 11.3 Å². The summed E-state index contributed by atoms with van der Waals surface area (Å²) in [5.41, 5.74) is -0.452. The Morgan fingerprint density at radius 1 is 1.09 bits per heavy atom. The molecule has 10 heteroatoms. The second kappa shape index (κ2) is 9.60. The highest BCUT2D eigenvalue weighted by atomic mass is 19.1. The van der Waals surface area contributed by atoms with Crippen LogP contribution in [0.4, 0.5) is 8.78 Å². The van der Waals surface area contributed by atoms with E-state index in [1.54, 1.807) is 19.9 Å². The zero-order chi connectivity index (χ0) is 24.3. The Labute approximate surface area is 187 Å². The van der Waals surface area contributed by atoms with Crippen molar-refractivity contribution in [2.75, 3.05) is 6.54 Å². The summed E-state index contributed by atoms with van der Waals surface area (Å²) in [5.74, 6) is -4.52. The van der Waals surface area contributed by atoms with Gasteiger partial charge in [-0.05, 0) is 29.3 Å². The van der Waals surface area contributed by atoms with Gasteiger partial charge in [-0.3, -0.25) is 14.4 Å². The van der Waals surface area contributed by atoms with Crippen molar-refractivity contribution >= 4 is 11.9 Å². The Morgan fingerprint density at radius 3 is 2.30 bits per heavy atom. The lowest BCUT2D eigenvalue weighted by molar-refractivity contribution is -0.135. The second-order valence-electron chi connectivity index (χ2n) is 7.62. The molecule has 0 aliphatic rings. The van der Waals surface area contributed by atoms with E-state index in [-0.39, 0.29) is 17.8 Å². The highest BCUT2D eigenvalue weighted by Gasteiger charge is 2.25. The molecule has 1 aromatic heterocycles. The lowest BCUT2D eigenvalue weighted by Crippen LogP contribution is -2.37. The van der Waals surface area contributed by atoms with Crippen molar-refractivity contribution in [2.45, 2.75) is 26.3 Å². The molecule has 0 saturated carbocycles. The van der Waals surface area contributed by atoms with E-state index < -0.39 is 52.8 Å². The number of amides is 1. The fourth-order valence-corrected chi connectivity index (χ4v) is 3.19. The van der Waals surface area contributed by atoms with Gasteiger partial charge in [-0.25, -0.2) is 13.5 Å². The summed E-state index contributed by atoms with van der Waals surface area (Å²) in [6.45, 7) is 2.26. The molecular weight excluding hydrogens is 436 g/mol. The summed E-state index contributed by atoms with van der Waals surface area (Å²) < 4.78 is 28.8. The fourth-order valence-electron chi connectivity index (χ4n) is 3.19. The predicted octanol–water partition coefficient (Wildman–Crippen LogP) is 2.88. The highest BCUT2D eigenvalue weighted by Crippen LogP contribution is 2.26. The first-order valence-electron chi connectivity index (χ1n) is 9.96. The van der Waals surface area contributed by atoms with Gasteiger partial charge in [0.25, 0.3) is 11.5 Å². The maximum Gasteiger partial charge on any atom is 0.322 e. The van der Waals surface area contributed by atoms with E-state index in [9.17, 15) is 28.3 Å². The summed E-state index contributed by atoms with van der Waals surface area (Å²) in [6, 6.07) is 9.80. The van der Waals surface area contributed by atoms with Crippen LogP contribution in [0.15, 0.2) is 47.3 Å². The van der Waals surface area contributed by atoms with E-state index in [0.29, 0.717) is 11.1 Å². The molecule has 0 atom stereocenters. The van der Waals surface area contributed by atoms with Crippen LogP contribution in [0.5, 0.6) is 5.75 Å². The highest BCUT2D eigenvalue weighted by molar-refractivity contribution is 5.98. The molecule has 3 aromatic rings. The van der Waals surface area contributed by atoms with Crippen LogP contribution in [0.25, 0.3) is 11.1 Å². The molecule has 3 N–H and O–H groups in total. The Morgan fingerprint density at radius 2 is 1.73 bits per heavy atom. The minimum Gasteiger partial charge on any atom is -0.505 e. The minimum atomic E-state index is -1.33. The molecule has 33 heavy (non-hydrogen) atoms. The molecule has 0 unspecified atom stereocenters. The molecule has 0 aliphatic carbocycles. The summed E-state index contributed by atoms with van der Waals surface area (Å²) in [4.78, 5) is 36.0. The number of hydrogen-bond acceptors (Lipinski definition) is 5. The van der Waals surface area contributed by atoms with Gasteiger partial charge in [0.1, 0.15) is 29.4 Å². The molecule has 0 spiro atoms. The molecule has 2 aromatic carbocycles. The van der Waals surface area contributed by atoms with Gasteiger partial charge < -0.3 is 15.5 Å². The number of aromatic hydroxyl groups is 1. The summed E-state index contributed by atoms with van der Waals surface area (Å²) in [5, 5.41) is 25.3. The number of hydrogen-bond donors (Lipinski definition) is 3. The Balaban J connectivity index is 2.00. The number of carbonyl (C=O) groups is 2. The van der Waals surface area contributed by atoms with E-state index in [4.69, 9.17) is 5.11 Å². The van der Waals surface area contributed by atoms with Gasteiger partial charge in [0.2, 0.25) is 0 Å². The van der Waals surface area contributed by atoms with Crippen LogP contribution in [0, 0.1) is 11.6 Å². The van der Waals surface area contributed by atoms with Crippen molar-refractivity contribution in [3.05, 3.63) is 81.3 Å². The minimum absolute atomic E-state index is 0.0263. The average molecular weight is 457 g/mol. The number of carbonyl (C=O) groups excluding carboxylic acids is 1. The summed E-state index contributed by atoms with van der Waals surface area (Å²) in [6.07, 6.45) is 0. The third kappa shape index (κ3) is 5.22. The molecule has 8 nitrogen and oxygen atoms in total. The zero-order valence-electron chi connectivity index (χ0n) is 17.8. The fraction of sp³-hybridized carbons (Fsp3) is 0.217. The van der Waals surface area contributed by atoms with E-state index in [1.165, 1.54) is 36.4 Å². The van der Waals surface area contributed by atoms with Crippen molar-refractivity contribution in [1.29, 1.82) is 0 Å². The van der Waals surface area contributed by atoms with Crippen LogP contribution in [0.1, 0.15) is 41.4 Å². The topological polar surface area (TPSA) is 122 Å². The first-order chi connectivity index (χ1) is 15.6. The molecule has 1 amide bonds. The average Bonchev–Trinajstić information content (AvgIpc) is 2.75. The van der Waals surface area contributed by atoms with Crippen LogP contribution >= 0.6 is 0 Å². The SMILES string of the molecule is CC(C)c1nn(Cc2ccc(-c3ccc(F)cc3)cc2F)c(=O)c(C(=O)NCC(=O)O)c1O. The summed E-state index contributed by atoms with van der Waals surface area (Å²) in [7, 11) is 0. The molecular formula is C23H21F2N3O5. The summed E-state index contributed by atoms with van der Waals surface area (Å²) >= 11 is 0. The number of halogens is 2. The van der Waals surface area contributed by atoms with Crippen molar-refractivity contribution in [2.24, 2.45) is 0 Å². The van der Waals surface area contributed by atoms with Crippen LogP contribution in [0.2, 0.25) is 0 Å². The number of carboxylic acids is 1. The molecule has 0 fully saturated rings. The lowest BCUT2D eigenvalue weighted by atomic mass is 10.0. The number of nitrogens with one attached hydrogen (secondary N) is 1. The van der Waals surface area contributed by atoms with E-state index in [1.807, 2.05) is 5.32 Å². The molecule has 0 saturated heterocycles. The molecule has 1 heterocycles. The van der Waals surface area contributed by atoms with Crippen LogP contribution in [-0.4, -0.2) is 38.4 Å². The van der Waals surface area contributed by atoms with Crippen LogP contribution in [0.3, 0.4) is 0 Å². The number of nitrogens with zero attached hydrogens (tertiary/aromatic N) is 2. The van der Waals surface area contributed by atoms with Gasteiger partial charge in [-0.1, -0.05) is 38.1 Å². The van der Waals surface area contributed by atoms with E-state index in [0.717, 1.165) is 4.68 Å². The van der Waals surface area contributed by atoms with E-state index >= 15 is 0 Å². The normalized spacial score (nSPS) is 10.9. The maximum atomic E-state index is 14.8. The van der Waals surface area contributed by atoms with Crippen molar-refractivity contribution in [1.82, 2.24) is 15.1 Å². The van der Waals surface area contributed by atoms with E-state index in [2.05, 4.69) is 5.10 Å². The quantitative estimate of drug-likeness (QED) is 0.502. The van der Waals surface area contributed by atoms with Crippen molar-refractivity contribution in [3.8, 4) is 16.9 Å². The number of benzene rings is 2. The maximum absolute atomic E-state index is 14.8. The molecule has 0 bridgehead atoms. The first-order valence-corrected chi connectivity index (χ1v) is 9.96. The molecule has 0 radical (unpaired) electrons. The second-order valence-corrected chi connectivity index (χ2v) is 7.62. The molecule has 172 valence electrons. The van der Waals surface area contributed by atoms with Gasteiger partial charge in [0.15, 0.2) is 5.75 Å². The lowest BCUT2D eigenvalue weighted by Gasteiger charge is -2.15. The largest absolute Gasteiger partial charge is 0.505 e. The number of carboxylic acid groups (broad SMARTS) is 1. The Bertz CT molecular complexity index is 1270. The van der Waals surface area contributed by atoms with Gasteiger partial charge in [0, 0.05) is 11.5 Å². The monoisotopic (exact) mass is 457 g/mol. The van der Waals surface area contributed by atoms with Gasteiger partial charge >= 0.3 is 5.97 Å². The van der Waals surface area contributed by atoms with Gasteiger partial charge in [-0.15, -0.1) is 0 Å². The zero-order valence-corrected chi connectivity index (χ0v) is 17.8. The van der Waals surface area contributed by atoms with Gasteiger partial charge in [0.05, 0.1) is 6.54 Å². The Hall–Kier alpha value is -4.08. The molecule has 0 aliphatic heterocycles. The number of aliphatic carboxylic acids is 1. The van der Waals surface area contributed by atoms with Crippen molar-refractivity contribution < 1.29 is 28.6 Å². The van der Waals surface area contributed by atoms with Gasteiger partial charge in [-0.2, -0.15) is 5.10 Å². The predicted molar refractivity (Wildman–Crippen MR) is 115 cm³/mol. The standard InChI is InChI=1S/C23H21F2N3O5/c1-12(2)20-21(31)19(22(32)26-10-18(29)30)23(33)28(27-20)11-15-4-3-14(9-17(15)25)13-5-7-16(24)8-6-13/h3-9,12,31H,10-11H2,1-2H3,(H,26,32)(H,29,30).